The Morgan fingerprint density at radius 1 is 1.17 bits per heavy atom. The molecule has 0 radical (unpaired) electrons. The van der Waals surface area contributed by atoms with Crippen LogP contribution in [-0.2, 0) is 0 Å². The van der Waals surface area contributed by atoms with Gasteiger partial charge in [-0.25, -0.2) is 0 Å². The van der Waals surface area contributed by atoms with Crippen LogP contribution in [0, 0.1) is 0 Å². The van der Waals surface area contributed by atoms with Crippen molar-refractivity contribution in [2.75, 3.05) is 0 Å². The normalized spacial score (nSPS) is 23.9. The van der Waals surface area contributed by atoms with Crippen molar-refractivity contribution >= 4 is 35.0 Å². The van der Waals surface area contributed by atoms with Gasteiger partial charge in [-0.15, -0.1) is 28.5 Å². The summed E-state index contributed by atoms with van der Waals surface area (Å²) in [4.78, 5) is 0. The van der Waals surface area contributed by atoms with Gasteiger partial charge in [0, 0.05) is 0 Å². The van der Waals surface area contributed by atoms with Gasteiger partial charge in [0.15, 0.2) is 0 Å². The molecule has 1 aliphatic rings. The van der Waals surface area contributed by atoms with Crippen LogP contribution in [0.15, 0.2) is 40.5 Å². The Morgan fingerprint density at radius 3 is 2.44 bits per heavy atom. The molecule has 1 heterocycles. The number of thioether (sulfide) groups is 1. The van der Waals surface area contributed by atoms with Crippen molar-refractivity contribution in [3.63, 3.8) is 0 Å². The number of nitrogens with two attached hydrogens (primary N) is 2. The van der Waals surface area contributed by atoms with E-state index in [1.54, 1.807) is 11.8 Å². The molecule has 0 aromatic heterocycles. The lowest BCUT2D eigenvalue weighted by atomic mass is 10.0. The van der Waals surface area contributed by atoms with Gasteiger partial charge in [-0.3, -0.25) is 0 Å². The quantitative estimate of drug-likeness (QED) is 0.386. The van der Waals surface area contributed by atoms with Crippen molar-refractivity contribution in [2.24, 2.45) is 21.7 Å². The summed E-state index contributed by atoms with van der Waals surface area (Å²) in [7, 11) is 0. The van der Waals surface area contributed by atoms with Gasteiger partial charge in [0.25, 0.3) is 0 Å². The number of guanidine groups is 1. The monoisotopic (exact) mass is 282 g/mol. The maximum atomic E-state index is 6.12. The summed E-state index contributed by atoms with van der Waals surface area (Å²) in [5, 5.41) is 8.21. The van der Waals surface area contributed by atoms with Crippen LogP contribution in [0.2, 0.25) is 0 Å². The lowest BCUT2D eigenvalue weighted by Crippen LogP contribution is -2.23. The van der Waals surface area contributed by atoms with E-state index in [1.165, 1.54) is 0 Å². The maximum Gasteiger partial charge on any atom is 0.211 e. The number of benzene rings is 1. The first kappa shape index (κ1) is 13.2. The Morgan fingerprint density at radius 2 is 1.89 bits per heavy atom. The molecule has 1 fully saturated rings. The van der Waals surface area contributed by atoms with E-state index < -0.39 is 0 Å². The molecule has 1 aromatic rings. The Bertz CT molecular complexity index is 456. The largest absolute Gasteiger partial charge is 0.369 e. The van der Waals surface area contributed by atoms with Gasteiger partial charge in [0.05, 0.1) is 15.7 Å². The average molecular weight is 283 g/mol. The van der Waals surface area contributed by atoms with Gasteiger partial charge >= 0.3 is 0 Å². The molecule has 96 valence electrons. The number of hydrogen-bond donors (Lipinski definition) is 2. The third-order valence-electron chi connectivity index (χ3n) is 2.62. The fourth-order valence-electron chi connectivity index (χ4n) is 1.83. The minimum absolute atomic E-state index is 0.0335. The van der Waals surface area contributed by atoms with Gasteiger partial charge in [0.2, 0.25) is 5.96 Å². The predicted molar refractivity (Wildman–Crippen MR) is 79.0 cm³/mol. The van der Waals surface area contributed by atoms with Crippen LogP contribution in [0.4, 0.5) is 0 Å². The summed E-state index contributed by atoms with van der Waals surface area (Å²) >= 11 is 7.83. The number of hydrogen-bond acceptors (Lipinski definition) is 3. The number of halogens is 1. The lowest BCUT2D eigenvalue weighted by Gasteiger charge is -2.11. The van der Waals surface area contributed by atoms with Crippen LogP contribution in [-0.4, -0.2) is 21.6 Å². The van der Waals surface area contributed by atoms with Crippen LogP contribution in [0.3, 0.4) is 0 Å². The fraction of sp³-hybridized carbons (Fsp3) is 0.333. The average Bonchev–Trinajstić information content (AvgIpc) is 2.77. The molecule has 6 heteroatoms. The highest BCUT2D eigenvalue weighted by atomic mass is 35.5. The van der Waals surface area contributed by atoms with Crippen LogP contribution in [0.25, 0.3) is 0 Å². The molecule has 18 heavy (non-hydrogen) atoms. The molecule has 0 saturated carbocycles. The molecule has 1 aromatic carbocycles. The van der Waals surface area contributed by atoms with Crippen molar-refractivity contribution in [3.05, 3.63) is 35.9 Å². The fourth-order valence-corrected chi connectivity index (χ4v) is 3.54. The second-order valence-electron chi connectivity index (χ2n) is 3.99. The topological polar surface area (TPSA) is 76.8 Å². The Hall–Kier alpha value is -1.20. The van der Waals surface area contributed by atoms with Crippen LogP contribution >= 0.6 is 23.4 Å². The first-order chi connectivity index (χ1) is 8.66. The molecule has 4 N–H and O–H groups in total. The molecular formula is C12H15ClN4S. The van der Waals surface area contributed by atoms with Crippen molar-refractivity contribution in [2.45, 2.75) is 22.8 Å². The third kappa shape index (κ3) is 3.40. The summed E-state index contributed by atoms with van der Waals surface area (Å²) in [6, 6.07) is 9.91. The third-order valence-corrected chi connectivity index (χ3v) is 4.46. The predicted octanol–water partition coefficient (Wildman–Crippen LogP) is 2.12. The molecule has 1 aliphatic heterocycles. The highest BCUT2D eigenvalue weighted by molar-refractivity contribution is 8.02. The van der Waals surface area contributed by atoms with E-state index in [1.807, 2.05) is 30.3 Å². The van der Waals surface area contributed by atoms with Crippen LogP contribution in [0.1, 0.15) is 18.4 Å². The van der Waals surface area contributed by atoms with E-state index >= 15 is 0 Å². The van der Waals surface area contributed by atoms with Gasteiger partial charge in [-0.2, -0.15) is 5.10 Å². The van der Waals surface area contributed by atoms with E-state index in [0.29, 0.717) is 0 Å². The summed E-state index contributed by atoms with van der Waals surface area (Å²) in [6.07, 6.45) is 1.97. The Balaban J connectivity index is 2.29. The van der Waals surface area contributed by atoms with E-state index in [4.69, 9.17) is 23.1 Å². The van der Waals surface area contributed by atoms with Crippen molar-refractivity contribution in [3.8, 4) is 0 Å². The van der Waals surface area contributed by atoms with Gasteiger partial charge in [0.1, 0.15) is 0 Å². The molecule has 0 aliphatic carbocycles. The van der Waals surface area contributed by atoms with E-state index in [9.17, 15) is 0 Å². The lowest BCUT2D eigenvalue weighted by molar-refractivity contribution is 0.874. The molecule has 2 unspecified atom stereocenters. The molecular weight excluding hydrogens is 268 g/mol. The smallest absolute Gasteiger partial charge is 0.211 e. The molecule has 4 nitrogen and oxygen atoms in total. The minimum atomic E-state index is -0.0335. The SMILES string of the molecule is NC(N)=N/N=C(/c1ccccc1)C1CCC(Cl)S1. The van der Waals surface area contributed by atoms with Crippen molar-refractivity contribution in [1.82, 2.24) is 0 Å². The summed E-state index contributed by atoms with van der Waals surface area (Å²) < 4.78 is 0.142. The second kappa shape index (κ2) is 6.11. The van der Waals surface area contributed by atoms with E-state index in [-0.39, 0.29) is 15.9 Å². The van der Waals surface area contributed by atoms with Gasteiger partial charge in [-0.05, 0) is 18.4 Å². The molecule has 0 bridgehead atoms. The zero-order chi connectivity index (χ0) is 13.0. The molecule has 0 spiro atoms. The van der Waals surface area contributed by atoms with Crippen molar-refractivity contribution in [1.29, 1.82) is 0 Å². The zero-order valence-electron chi connectivity index (χ0n) is 9.79. The highest BCUT2D eigenvalue weighted by Crippen LogP contribution is 2.38. The number of nitrogens with zero attached hydrogens (tertiary/aromatic N) is 2. The number of alkyl halides is 1. The second-order valence-corrected chi connectivity index (χ2v) is 6.18. The van der Waals surface area contributed by atoms with Gasteiger partial charge in [-0.1, -0.05) is 30.3 Å². The molecule has 1 saturated heterocycles. The molecule has 2 atom stereocenters. The number of rotatable bonds is 3. The van der Waals surface area contributed by atoms with E-state index in [0.717, 1.165) is 24.1 Å². The minimum Gasteiger partial charge on any atom is -0.369 e. The standard InChI is InChI=1S/C12H15ClN4S/c13-10-7-6-9(18-10)11(16-17-12(14)15)8-4-2-1-3-5-8/h1-5,9-10H,6-7H2,(H4,14,15,17)/b16-11-. The first-order valence-electron chi connectivity index (χ1n) is 5.68. The summed E-state index contributed by atoms with van der Waals surface area (Å²) in [5.74, 6) is -0.0335. The van der Waals surface area contributed by atoms with Crippen molar-refractivity contribution < 1.29 is 0 Å². The Kier molecular flexibility index (Phi) is 4.49. The van der Waals surface area contributed by atoms with E-state index in [2.05, 4.69) is 10.2 Å². The summed E-state index contributed by atoms with van der Waals surface area (Å²) in [6.45, 7) is 0. The van der Waals surface area contributed by atoms with Gasteiger partial charge < -0.3 is 11.5 Å². The zero-order valence-corrected chi connectivity index (χ0v) is 11.4. The molecule has 0 amide bonds. The maximum absolute atomic E-state index is 6.12. The van der Waals surface area contributed by atoms with Crippen LogP contribution in [0.5, 0.6) is 0 Å². The van der Waals surface area contributed by atoms with Crippen LogP contribution < -0.4 is 11.5 Å². The molecule has 2 rings (SSSR count). The summed E-state index contributed by atoms with van der Waals surface area (Å²) in [5.41, 5.74) is 12.6. The first-order valence-corrected chi connectivity index (χ1v) is 7.06. The Labute approximate surface area is 115 Å². The highest BCUT2D eigenvalue weighted by Gasteiger charge is 2.28.